The Bertz CT molecular complexity index is 1110. The second-order valence-electron chi connectivity index (χ2n) is 7.33. The van der Waals surface area contributed by atoms with Crippen LogP contribution in [0.25, 0.3) is 0 Å². The Kier molecular flexibility index (Phi) is 5.81. The van der Waals surface area contributed by atoms with Crippen molar-refractivity contribution < 1.29 is 32.6 Å². The summed E-state index contributed by atoms with van der Waals surface area (Å²) in [5, 5.41) is 0. The number of ether oxygens (including phenoxy) is 3. The fraction of sp³-hybridized carbons (Fsp3) is 0.400. The van der Waals surface area contributed by atoms with E-state index in [9.17, 15) is 23.6 Å². The van der Waals surface area contributed by atoms with Gasteiger partial charge in [-0.15, -0.1) is 0 Å². The molecule has 0 unspecified atom stereocenters. The number of H-pyrrole nitrogens is 1. The average Bonchev–Trinajstić information content (AvgIpc) is 2.89. The number of halogens is 2. The zero-order valence-electron chi connectivity index (χ0n) is 16.9. The maximum absolute atomic E-state index is 16.0. The Morgan fingerprint density at radius 2 is 1.87 bits per heavy atom. The number of nitrogens with one attached hydrogen (secondary N) is 1. The highest BCUT2D eigenvalue weighted by Gasteiger charge is 2.67. The van der Waals surface area contributed by atoms with Gasteiger partial charge in [0.25, 0.3) is 5.56 Å². The first kappa shape index (κ1) is 22.3. The largest absolute Gasteiger partial charge is 0.459 e. The predicted octanol–water partition coefficient (Wildman–Crippen LogP) is 1.48. The summed E-state index contributed by atoms with van der Waals surface area (Å²) in [6, 6.07) is 7.92. The molecule has 0 spiro atoms. The van der Waals surface area contributed by atoms with Crippen LogP contribution in [-0.4, -0.2) is 45.5 Å². The van der Waals surface area contributed by atoms with Crippen LogP contribution in [0.3, 0.4) is 0 Å². The van der Waals surface area contributed by atoms with Crippen molar-refractivity contribution in [2.45, 2.75) is 44.4 Å². The van der Waals surface area contributed by atoms with Crippen LogP contribution < -0.4 is 11.2 Å². The molecule has 1 saturated heterocycles. The second kappa shape index (κ2) is 8.06. The van der Waals surface area contributed by atoms with Crippen molar-refractivity contribution in [3.05, 3.63) is 68.7 Å². The van der Waals surface area contributed by atoms with Gasteiger partial charge in [-0.25, -0.2) is 18.5 Å². The van der Waals surface area contributed by atoms with Crippen molar-refractivity contribution in [3.63, 3.8) is 0 Å². The molecule has 31 heavy (non-hydrogen) atoms. The zero-order chi connectivity index (χ0) is 23.0. The molecule has 1 aromatic heterocycles. The standard InChI is InChI=1S/C20H20F2N2O7/c1-11(25)31-20(3)14(10-29-16(27)12-7-5-4-6-8-12)30-17(19(20,2)22)24-15(26)13(21)9-23-18(24)28/h4-9,14,17H,10H2,1-3H3,(H,23,28)/t14-,17+,19+,20-/m1/s1. The monoisotopic (exact) mass is 438 g/mol. The van der Waals surface area contributed by atoms with E-state index >= 15 is 4.39 Å². The number of alkyl halides is 1. The van der Waals surface area contributed by atoms with Gasteiger partial charge in [-0.1, -0.05) is 18.2 Å². The minimum Gasteiger partial charge on any atom is -0.459 e. The van der Waals surface area contributed by atoms with Crippen LogP contribution >= 0.6 is 0 Å². The maximum Gasteiger partial charge on any atom is 0.338 e. The molecule has 0 aliphatic carbocycles. The van der Waals surface area contributed by atoms with Gasteiger partial charge in [0.15, 0.2) is 17.5 Å². The number of carbonyl (C=O) groups excluding carboxylic acids is 2. The first-order valence-corrected chi connectivity index (χ1v) is 9.25. The van der Waals surface area contributed by atoms with Crippen molar-refractivity contribution in [1.29, 1.82) is 0 Å². The maximum atomic E-state index is 16.0. The third kappa shape index (κ3) is 3.88. The number of hydrogen-bond donors (Lipinski definition) is 1. The average molecular weight is 438 g/mol. The van der Waals surface area contributed by atoms with Crippen molar-refractivity contribution in [1.82, 2.24) is 9.55 Å². The van der Waals surface area contributed by atoms with Crippen LogP contribution in [0.15, 0.2) is 46.1 Å². The van der Waals surface area contributed by atoms with Gasteiger partial charge < -0.3 is 19.2 Å². The van der Waals surface area contributed by atoms with Gasteiger partial charge in [-0.05, 0) is 26.0 Å². The molecule has 11 heteroatoms. The number of hydrogen-bond acceptors (Lipinski definition) is 7. The van der Waals surface area contributed by atoms with E-state index in [1.54, 1.807) is 18.2 Å². The van der Waals surface area contributed by atoms with Crippen LogP contribution in [0.4, 0.5) is 8.78 Å². The molecule has 1 aliphatic heterocycles. The lowest BCUT2D eigenvalue weighted by Gasteiger charge is -2.36. The number of benzene rings is 1. The lowest BCUT2D eigenvalue weighted by molar-refractivity contribution is -0.175. The molecule has 1 N–H and O–H groups in total. The van der Waals surface area contributed by atoms with E-state index in [4.69, 9.17) is 14.2 Å². The second-order valence-corrected chi connectivity index (χ2v) is 7.33. The van der Waals surface area contributed by atoms with Gasteiger partial charge in [0.2, 0.25) is 5.82 Å². The summed E-state index contributed by atoms with van der Waals surface area (Å²) < 4.78 is 45.9. The minimum atomic E-state index is -2.69. The SMILES string of the molecule is CC(=O)O[C@]1(C)[C@@H](COC(=O)c2ccccc2)O[C@H](n2c(=O)[nH]cc(F)c2=O)[C@]1(C)F. The first-order chi connectivity index (χ1) is 14.5. The van der Waals surface area contributed by atoms with Crippen LogP contribution in [0.5, 0.6) is 0 Å². The molecule has 0 bridgehead atoms. The molecule has 4 atom stereocenters. The summed E-state index contributed by atoms with van der Waals surface area (Å²) in [6.45, 7) is 2.57. The number of aromatic amines is 1. The Morgan fingerprint density at radius 3 is 2.48 bits per heavy atom. The summed E-state index contributed by atoms with van der Waals surface area (Å²) in [7, 11) is 0. The van der Waals surface area contributed by atoms with Crippen molar-refractivity contribution >= 4 is 11.9 Å². The Morgan fingerprint density at radius 1 is 1.23 bits per heavy atom. The van der Waals surface area contributed by atoms with E-state index in [1.807, 2.05) is 4.98 Å². The molecule has 1 fully saturated rings. The van der Waals surface area contributed by atoms with E-state index < -0.39 is 59.2 Å². The van der Waals surface area contributed by atoms with Gasteiger partial charge >= 0.3 is 17.6 Å². The summed E-state index contributed by atoms with van der Waals surface area (Å²) in [5.74, 6) is -2.97. The van der Waals surface area contributed by atoms with Gasteiger partial charge in [-0.2, -0.15) is 4.39 Å². The van der Waals surface area contributed by atoms with Gasteiger partial charge in [0.1, 0.15) is 12.7 Å². The Balaban J connectivity index is 1.98. The smallest absolute Gasteiger partial charge is 0.338 e. The van der Waals surface area contributed by atoms with Crippen LogP contribution in [0.2, 0.25) is 0 Å². The fourth-order valence-electron chi connectivity index (χ4n) is 3.42. The lowest BCUT2D eigenvalue weighted by atomic mass is 9.84. The number of rotatable bonds is 5. The lowest BCUT2D eigenvalue weighted by Crippen LogP contribution is -2.56. The summed E-state index contributed by atoms with van der Waals surface area (Å²) in [6.07, 6.45) is -2.85. The van der Waals surface area contributed by atoms with E-state index in [2.05, 4.69) is 0 Å². The fourth-order valence-corrected chi connectivity index (χ4v) is 3.42. The van der Waals surface area contributed by atoms with Gasteiger partial charge in [-0.3, -0.25) is 9.59 Å². The molecule has 3 rings (SSSR count). The van der Waals surface area contributed by atoms with Gasteiger partial charge in [0, 0.05) is 13.1 Å². The summed E-state index contributed by atoms with van der Waals surface area (Å²) in [4.78, 5) is 50.3. The zero-order valence-corrected chi connectivity index (χ0v) is 16.9. The number of aromatic nitrogens is 2. The quantitative estimate of drug-likeness (QED) is 0.703. The van der Waals surface area contributed by atoms with Crippen LogP contribution in [-0.2, 0) is 19.0 Å². The van der Waals surface area contributed by atoms with E-state index in [-0.39, 0.29) is 10.1 Å². The number of carbonyl (C=O) groups is 2. The molecule has 0 saturated carbocycles. The van der Waals surface area contributed by atoms with Crippen molar-refractivity contribution in [2.24, 2.45) is 0 Å². The minimum absolute atomic E-state index is 0.215. The highest BCUT2D eigenvalue weighted by Crippen LogP contribution is 2.49. The van der Waals surface area contributed by atoms with E-state index in [0.717, 1.165) is 13.8 Å². The summed E-state index contributed by atoms with van der Waals surface area (Å²) in [5.41, 5.74) is -7.12. The molecule has 1 aromatic carbocycles. The highest BCUT2D eigenvalue weighted by atomic mass is 19.1. The van der Waals surface area contributed by atoms with E-state index in [0.29, 0.717) is 6.20 Å². The molecule has 9 nitrogen and oxygen atoms in total. The molecule has 0 radical (unpaired) electrons. The normalized spacial score (nSPS) is 27.6. The van der Waals surface area contributed by atoms with Gasteiger partial charge in [0.05, 0.1) is 5.56 Å². The Labute approximate surface area is 174 Å². The van der Waals surface area contributed by atoms with Crippen LogP contribution in [0.1, 0.15) is 37.4 Å². The third-order valence-corrected chi connectivity index (χ3v) is 5.27. The number of esters is 2. The summed E-state index contributed by atoms with van der Waals surface area (Å²) >= 11 is 0. The van der Waals surface area contributed by atoms with Crippen molar-refractivity contribution in [2.75, 3.05) is 6.61 Å². The molecular weight excluding hydrogens is 418 g/mol. The molecule has 2 heterocycles. The highest BCUT2D eigenvalue weighted by molar-refractivity contribution is 5.89. The molecular formula is C20H20F2N2O7. The molecule has 0 amide bonds. The molecule has 166 valence electrons. The molecule has 2 aromatic rings. The Hall–Kier alpha value is -3.34. The van der Waals surface area contributed by atoms with Crippen molar-refractivity contribution in [3.8, 4) is 0 Å². The predicted molar refractivity (Wildman–Crippen MR) is 102 cm³/mol. The van der Waals surface area contributed by atoms with Crippen LogP contribution in [0, 0.1) is 5.82 Å². The first-order valence-electron chi connectivity index (χ1n) is 9.25. The molecule has 1 aliphatic rings. The topological polar surface area (TPSA) is 117 Å². The number of nitrogens with zero attached hydrogens (tertiary/aromatic N) is 1. The third-order valence-electron chi connectivity index (χ3n) is 5.27. The van der Waals surface area contributed by atoms with E-state index in [1.165, 1.54) is 19.1 Å².